The van der Waals surface area contributed by atoms with E-state index in [2.05, 4.69) is 31.9 Å². The van der Waals surface area contributed by atoms with E-state index in [9.17, 15) is 5.11 Å². The summed E-state index contributed by atoms with van der Waals surface area (Å²) < 4.78 is 6.89. The van der Waals surface area contributed by atoms with Gasteiger partial charge in [0.1, 0.15) is 5.75 Å². The van der Waals surface area contributed by atoms with Crippen molar-refractivity contribution in [3.05, 3.63) is 25.6 Å². The lowest BCUT2D eigenvalue weighted by Crippen LogP contribution is -1.96. The van der Waals surface area contributed by atoms with Gasteiger partial charge >= 0.3 is 0 Å². The summed E-state index contributed by atoms with van der Waals surface area (Å²) in [5.41, 5.74) is 2.72. The number of benzene rings is 1. The summed E-state index contributed by atoms with van der Waals surface area (Å²) in [6.45, 7) is 4.26. The third-order valence-corrected chi connectivity index (χ3v) is 4.33. The molecule has 1 N–H and O–H groups in total. The molecule has 0 unspecified atom stereocenters. The molecule has 0 bridgehead atoms. The van der Waals surface area contributed by atoms with E-state index in [4.69, 9.17) is 4.74 Å². The summed E-state index contributed by atoms with van der Waals surface area (Å²) >= 11 is 6.89. The number of phenolic OH excluding ortho intramolecular Hbond substituents is 1. The van der Waals surface area contributed by atoms with E-state index in [0.29, 0.717) is 12.4 Å². The van der Waals surface area contributed by atoms with Crippen molar-refractivity contribution in [3.8, 4) is 5.75 Å². The van der Waals surface area contributed by atoms with Crippen molar-refractivity contribution in [1.82, 2.24) is 0 Å². The highest BCUT2D eigenvalue weighted by molar-refractivity contribution is 9.11. The molecule has 1 rings (SSSR count). The van der Waals surface area contributed by atoms with Crippen LogP contribution >= 0.6 is 31.9 Å². The Morgan fingerprint density at radius 1 is 1.14 bits per heavy atom. The molecule has 2 nitrogen and oxygen atoms in total. The van der Waals surface area contributed by atoms with E-state index < -0.39 is 0 Å². The fourth-order valence-corrected chi connectivity index (χ4v) is 2.58. The van der Waals surface area contributed by atoms with Crippen LogP contribution in [0.5, 0.6) is 5.75 Å². The molecular weight excluding hydrogens is 312 g/mol. The van der Waals surface area contributed by atoms with Gasteiger partial charge in [0.25, 0.3) is 0 Å². The maximum atomic E-state index is 9.76. The number of aromatic hydroxyl groups is 1. The normalized spacial score (nSPS) is 10.6. The zero-order chi connectivity index (χ0) is 10.9. The first-order chi connectivity index (χ1) is 6.50. The molecule has 4 heteroatoms. The number of hydrogen-bond donors (Lipinski definition) is 1. The average molecular weight is 324 g/mol. The van der Waals surface area contributed by atoms with Gasteiger partial charge in [-0.3, -0.25) is 0 Å². The molecule has 0 aromatic heterocycles. The SMILES string of the molecule is COCc1c(Br)c(C)c(O)c(C)c1Br. The van der Waals surface area contributed by atoms with E-state index in [1.807, 2.05) is 13.8 Å². The van der Waals surface area contributed by atoms with Crippen molar-refractivity contribution in [2.75, 3.05) is 7.11 Å². The third kappa shape index (κ3) is 1.97. The molecule has 0 aliphatic rings. The van der Waals surface area contributed by atoms with Crippen molar-refractivity contribution in [3.63, 3.8) is 0 Å². The molecule has 0 aliphatic heterocycles. The third-order valence-electron chi connectivity index (χ3n) is 2.19. The van der Waals surface area contributed by atoms with Crippen molar-refractivity contribution >= 4 is 31.9 Å². The zero-order valence-corrected chi connectivity index (χ0v) is 11.5. The van der Waals surface area contributed by atoms with E-state index in [1.54, 1.807) is 7.11 Å². The summed E-state index contributed by atoms with van der Waals surface area (Å²) in [5, 5.41) is 9.76. The summed E-state index contributed by atoms with van der Waals surface area (Å²) in [5.74, 6) is 0.323. The van der Waals surface area contributed by atoms with Gasteiger partial charge in [-0.2, -0.15) is 0 Å². The Kier molecular flexibility index (Phi) is 3.98. The molecule has 14 heavy (non-hydrogen) atoms. The maximum absolute atomic E-state index is 9.76. The Balaban J connectivity index is 3.43. The largest absolute Gasteiger partial charge is 0.507 e. The molecule has 0 amide bonds. The molecule has 0 aliphatic carbocycles. The van der Waals surface area contributed by atoms with Crippen LogP contribution in [0.4, 0.5) is 0 Å². The average Bonchev–Trinajstić information content (AvgIpc) is 2.19. The highest BCUT2D eigenvalue weighted by atomic mass is 79.9. The van der Waals surface area contributed by atoms with Crippen molar-refractivity contribution < 1.29 is 9.84 Å². The number of hydrogen-bond acceptors (Lipinski definition) is 2. The van der Waals surface area contributed by atoms with Crippen LogP contribution in [0.25, 0.3) is 0 Å². The lowest BCUT2D eigenvalue weighted by molar-refractivity contribution is 0.183. The lowest BCUT2D eigenvalue weighted by Gasteiger charge is -2.14. The van der Waals surface area contributed by atoms with Gasteiger partial charge in [0.15, 0.2) is 0 Å². The first kappa shape index (κ1) is 12.0. The second-order valence-corrected chi connectivity index (χ2v) is 4.72. The van der Waals surface area contributed by atoms with Crippen LogP contribution in [-0.4, -0.2) is 12.2 Å². The topological polar surface area (TPSA) is 29.5 Å². The Morgan fingerprint density at radius 2 is 1.57 bits per heavy atom. The monoisotopic (exact) mass is 322 g/mol. The Bertz CT molecular complexity index is 333. The van der Waals surface area contributed by atoms with Crippen LogP contribution in [-0.2, 0) is 11.3 Å². The van der Waals surface area contributed by atoms with Gasteiger partial charge in [0.2, 0.25) is 0 Å². The molecule has 0 fully saturated rings. The molecule has 0 radical (unpaired) electrons. The number of rotatable bonds is 2. The van der Waals surface area contributed by atoms with Gasteiger partial charge in [0.05, 0.1) is 6.61 Å². The Hall–Kier alpha value is -0.0600. The molecule has 0 heterocycles. The molecule has 1 aromatic carbocycles. The molecule has 0 atom stereocenters. The van der Waals surface area contributed by atoms with Crippen molar-refractivity contribution in [2.24, 2.45) is 0 Å². The molecule has 0 spiro atoms. The molecule has 78 valence electrons. The van der Waals surface area contributed by atoms with Crippen LogP contribution in [0.15, 0.2) is 8.95 Å². The highest BCUT2D eigenvalue weighted by Crippen LogP contribution is 2.38. The maximum Gasteiger partial charge on any atom is 0.123 e. The molecule has 0 saturated heterocycles. The number of halogens is 2. The van der Waals surface area contributed by atoms with Crippen LogP contribution in [0.1, 0.15) is 16.7 Å². The lowest BCUT2D eigenvalue weighted by atomic mass is 10.1. The Labute approximate surface area is 101 Å². The number of phenols is 1. The number of methoxy groups -OCH3 is 1. The molecule has 0 saturated carbocycles. The minimum Gasteiger partial charge on any atom is -0.507 e. The van der Waals surface area contributed by atoms with Gasteiger partial charge in [0, 0.05) is 32.7 Å². The Morgan fingerprint density at radius 3 is 1.93 bits per heavy atom. The minimum absolute atomic E-state index is 0.323. The van der Waals surface area contributed by atoms with Crippen molar-refractivity contribution in [2.45, 2.75) is 20.5 Å². The minimum atomic E-state index is 0.323. The van der Waals surface area contributed by atoms with Crippen LogP contribution in [0, 0.1) is 13.8 Å². The van der Waals surface area contributed by atoms with E-state index >= 15 is 0 Å². The van der Waals surface area contributed by atoms with Gasteiger partial charge < -0.3 is 9.84 Å². The van der Waals surface area contributed by atoms with Gasteiger partial charge in [-0.05, 0) is 45.7 Å². The summed E-state index contributed by atoms with van der Waals surface area (Å²) in [7, 11) is 1.65. The standard InChI is InChI=1S/C10H12Br2O2/c1-5-8(11)7(4-14-3)9(12)6(2)10(5)13/h13H,4H2,1-3H3. The van der Waals surface area contributed by atoms with Crippen LogP contribution in [0.3, 0.4) is 0 Å². The van der Waals surface area contributed by atoms with E-state index in [-0.39, 0.29) is 0 Å². The zero-order valence-electron chi connectivity index (χ0n) is 8.32. The quantitative estimate of drug-likeness (QED) is 0.899. The fourth-order valence-electron chi connectivity index (χ4n) is 1.31. The van der Waals surface area contributed by atoms with Gasteiger partial charge in [-0.15, -0.1) is 0 Å². The van der Waals surface area contributed by atoms with E-state index in [1.165, 1.54) is 0 Å². The molecular formula is C10H12Br2O2. The summed E-state index contributed by atoms with van der Waals surface area (Å²) in [6.07, 6.45) is 0. The summed E-state index contributed by atoms with van der Waals surface area (Å²) in [4.78, 5) is 0. The summed E-state index contributed by atoms with van der Waals surface area (Å²) in [6, 6.07) is 0. The van der Waals surface area contributed by atoms with Gasteiger partial charge in [-0.25, -0.2) is 0 Å². The van der Waals surface area contributed by atoms with Crippen LogP contribution in [0.2, 0.25) is 0 Å². The first-order valence-electron chi connectivity index (χ1n) is 4.15. The van der Waals surface area contributed by atoms with Gasteiger partial charge in [-0.1, -0.05) is 0 Å². The van der Waals surface area contributed by atoms with E-state index in [0.717, 1.165) is 25.6 Å². The first-order valence-corrected chi connectivity index (χ1v) is 5.74. The molecule has 1 aromatic rings. The predicted molar refractivity (Wildman–Crippen MR) is 63.7 cm³/mol. The smallest absolute Gasteiger partial charge is 0.123 e. The van der Waals surface area contributed by atoms with Crippen molar-refractivity contribution in [1.29, 1.82) is 0 Å². The number of ether oxygens (including phenoxy) is 1. The second-order valence-electron chi connectivity index (χ2n) is 3.14. The highest BCUT2D eigenvalue weighted by Gasteiger charge is 2.15. The van der Waals surface area contributed by atoms with Crippen LogP contribution < -0.4 is 0 Å². The predicted octanol–water partition coefficient (Wildman–Crippen LogP) is 3.68. The second kappa shape index (κ2) is 4.64. The fraction of sp³-hybridized carbons (Fsp3) is 0.400.